The van der Waals surface area contributed by atoms with Crippen LogP contribution in [0.1, 0.15) is 31.0 Å². The van der Waals surface area contributed by atoms with Crippen LogP contribution in [0.3, 0.4) is 0 Å². The van der Waals surface area contributed by atoms with Crippen LogP contribution in [-0.2, 0) is 6.42 Å². The molecule has 0 saturated carbocycles. The van der Waals surface area contributed by atoms with Crippen LogP contribution in [-0.4, -0.2) is 10.2 Å². The summed E-state index contributed by atoms with van der Waals surface area (Å²) in [5, 5.41) is 22.5. The van der Waals surface area contributed by atoms with E-state index < -0.39 is 0 Å². The number of phenolic OH excluding ortho intramolecular Hbond substituents is 2. The molecule has 19 heavy (non-hydrogen) atoms. The number of rotatable bonds is 4. The van der Waals surface area contributed by atoms with Gasteiger partial charge >= 0.3 is 0 Å². The van der Waals surface area contributed by atoms with Crippen molar-refractivity contribution < 1.29 is 10.2 Å². The van der Waals surface area contributed by atoms with Crippen molar-refractivity contribution in [1.82, 2.24) is 0 Å². The molecule has 0 aromatic heterocycles. The summed E-state index contributed by atoms with van der Waals surface area (Å²) in [4.78, 5) is 0. The first-order valence-electron chi connectivity index (χ1n) is 6.47. The van der Waals surface area contributed by atoms with Crippen LogP contribution in [0.15, 0.2) is 42.5 Å². The van der Waals surface area contributed by atoms with Gasteiger partial charge in [-0.15, -0.1) is 0 Å². The van der Waals surface area contributed by atoms with Crippen molar-refractivity contribution in [2.45, 2.75) is 26.3 Å². The van der Waals surface area contributed by atoms with E-state index in [1.54, 1.807) is 12.1 Å². The average Bonchev–Trinajstić information content (AvgIpc) is 2.38. The molecule has 0 heterocycles. The van der Waals surface area contributed by atoms with Crippen molar-refractivity contribution in [2.75, 3.05) is 5.32 Å². The van der Waals surface area contributed by atoms with Gasteiger partial charge in [0.05, 0.1) is 0 Å². The second-order valence-corrected chi connectivity index (χ2v) is 4.66. The highest BCUT2D eigenvalue weighted by molar-refractivity contribution is 5.53. The number of anilines is 1. The maximum absolute atomic E-state index is 9.52. The van der Waals surface area contributed by atoms with E-state index in [0.717, 1.165) is 17.7 Å². The van der Waals surface area contributed by atoms with Crippen molar-refractivity contribution in [3.05, 3.63) is 53.6 Å². The molecule has 0 spiro atoms. The van der Waals surface area contributed by atoms with Crippen molar-refractivity contribution in [1.29, 1.82) is 0 Å². The lowest BCUT2D eigenvalue weighted by atomic mass is 10.1. The summed E-state index contributed by atoms with van der Waals surface area (Å²) in [7, 11) is 0. The minimum Gasteiger partial charge on any atom is -0.508 e. The Morgan fingerprint density at radius 1 is 1.05 bits per heavy atom. The largest absolute Gasteiger partial charge is 0.508 e. The molecular weight excluding hydrogens is 238 g/mol. The van der Waals surface area contributed by atoms with Crippen molar-refractivity contribution in [3.8, 4) is 11.5 Å². The number of phenols is 2. The van der Waals surface area contributed by atoms with Crippen LogP contribution in [0, 0.1) is 0 Å². The van der Waals surface area contributed by atoms with Gasteiger partial charge in [0.15, 0.2) is 0 Å². The van der Waals surface area contributed by atoms with Gasteiger partial charge in [0.25, 0.3) is 0 Å². The lowest BCUT2D eigenvalue weighted by Gasteiger charge is -2.18. The number of benzene rings is 2. The van der Waals surface area contributed by atoms with Crippen LogP contribution in [0.25, 0.3) is 0 Å². The molecule has 0 aliphatic heterocycles. The first-order chi connectivity index (χ1) is 9.10. The highest BCUT2D eigenvalue weighted by atomic mass is 16.3. The van der Waals surface area contributed by atoms with Crippen LogP contribution >= 0.6 is 0 Å². The second kappa shape index (κ2) is 5.65. The zero-order valence-electron chi connectivity index (χ0n) is 11.2. The lowest BCUT2D eigenvalue weighted by Crippen LogP contribution is -2.08. The van der Waals surface area contributed by atoms with Gasteiger partial charge in [-0.05, 0) is 42.7 Å². The Labute approximate surface area is 113 Å². The quantitative estimate of drug-likeness (QED) is 0.780. The average molecular weight is 257 g/mol. The molecule has 2 rings (SSSR count). The molecule has 0 bridgehead atoms. The third kappa shape index (κ3) is 3.19. The number of para-hydroxylation sites is 1. The third-order valence-corrected chi connectivity index (χ3v) is 3.20. The summed E-state index contributed by atoms with van der Waals surface area (Å²) >= 11 is 0. The Kier molecular flexibility index (Phi) is 3.95. The zero-order valence-corrected chi connectivity index (χ0v) is 11.2. The molecule has 2 aromatic carbocycles. The molecule has 3 nitrogen and oxygen atoms in total. The van der Waals surface area contributed by atoms with E-state index in [4.69, 9.17) is 0 Å². The van der Waals surface area contributed by atoms with E-state index in [0.29, 0.717) is 0 Å². The van der Waals surface area contributed by atoms with Crippen molar-refractivity contribution in [2.24, 2.45) is 0 Å². The topological polar surface area (TPSA) is 52.5 Å². The zero-order chi connectivity index (χ0) is 13.8. The van der Waals surface area contributed by atoms with Gasteiger partial charge in [-0.25, -0.2) is 0 Å². The normalized spacial score (nSPS) is 12.1. The smallest absolute Gasteiger partial charge is 0.119 e. The number of aryl methyl sites for hydroxylation is 1. The van der Waals surface area contributed by atoms with Crippen LogP contribution in [0.4, 0.5) is 5.69 Å². The Balaban J connectivity index is 2.22. The molecule has 0 aliphatic carbocycles. The number of hydrogen-bond acceptors (Lipinski definition) is 3. The van der Waals surface area contributed by atoms with E-state index >= 15 is 0 Å². The molecule has 2 aromatic rings. The van der Waals surface area contributed by atoms with Crippen LogP contribution < -0.4 is 5.32 Å². The summed E-state index contributed by atoms with van der Waals surface area (Å²) in [6, 6.07) is 12.8. The highest BCUT2D eigenvalue weighted by Crippen LogP contribution is 2.28. The van der Waals surface area contributed by atoms with Gasteiger partial charge in [0.2, 0.25) is 0 Å². The molecule has 0 radical (unpaired) electrons. The molecule has 100 valence electrons. The van der Waals surface area contributed by atoms with E-state index in [1.807, 2.05) is 25.1 Å². The number of hydrogen-bond donors (Lipinski definition) is 3. The molecule has 3 heteroatoms. The predicted octanol–water partition coefficient (Wildman–Crippen LogP) is 3.83. The Bertz CT molecular complexity index is 546. The van der Waals surface area contributed by atoms with Crippen LogP contribution in [0.5, 0.6) is 11.5 Å². The van der Waals surface area contributed by atoms with Gasteiger partial charge < -0.3 is 15.5 Å². The first-order valence-corrected chi connectivity index (χ1v) is 6.47. The second-order valence-electron chi connectivity index (χ2n) is 4.66. The molecule has 0 aliphatic rings. The number of aromatic hydroxyl groups is 2. The summed E-state index contributed by atoms with van der Waals surface area (Å²) in [6.45, 7) is 4.12. The first kappa shape index (κ1) is 13.3. The minimum atomic E-state index is 0.00528. The maximum atomic E-state index is 9.52. The monoisotopic (exact) mass is 257 g/mol. The summed E-state index contributed by atoms with van der Waals surface area (Å²) in [5.74, 6) is 0.153. The Hall–Kier alpha value is -2.16. The van der Waals surface area contributed by atoms with Crippen molar-refractivity contribution >= 4 is 5.69 Å². The summed E-state index contributed by atoms with van der Waals surface area (Å²) in [5.41, 5.74) is 3.18. The highest BCUT2D eigenvalue weighted by Gasteiger charge is 2.09. The maximum Gasteiger partial charge on any atom is 0.119 e. The van der Waals surface area contributed by atoms with E-state index in [-0.39, 0.29) is 17.5 Å². The molecule has 0 fully saturated rings. The third-order valence-electron chi connectivity index (χ3n) is 3.20. The van der Waals surface area contributed by atoms with E-state index in [1.165, 1.54) is 11.6 Å². The number of nitrogens with one attached hydrogen (secondary N) is 1. The fourth-order valence-corrected chi connectivity index (χ4v) is 2.15. The van der Waals surface area contributed by atoms with E-state index in [9.17, 15) is 10.2 Å². The van der Waals surface area contributed by atoms with E-state index in [2.05, 4.69) is 18.3 Å². The van der Waals surface area contributed by atoms with Gasteiger partial charge in [0, 0.05) is 17.8 Å². The lowest BCUT2D eigenvalue weighted by molar-refractivity contribution is 0.448. The van der Waals surface area contributed by atoms with Gasteiger partial charge in [-0.1, -0.05) is 25.1 Å². The molecule has 1 unspecified atom stereocenters. The fraction of sp³-hybridized carbons (Fsp3) is 0.250. The summed E-state index contributed by atoms with van der Waals surface area (Å²) in [6.07, 6.45) is 0.960. The van der Waals surface area contributed by atoms with Gasteiger partial charge in [0.1, 0.15) is 11.5 Å². The fourth-order valence-electron chi connectivity index (χ4n) is 2.15. The molecule has 3 N–H and O–H groups in total. The standard InChI is InChI=1S/C16H19NO2/c1-3-12-6-4-5-7-16(12)17-11(2)13-8-14(18)10-15(19)9-13/h4-11,17-19H,3H2,1-2H3. The van der Waals surface area contributed by atoms with Gasteiger partial charge in [-0.3, -0.25) is 0 Å². The Morgan fingerprint density at radius 3 is 2.32 bits per heavy atom. The molecule has 0 saturated heterocycles. The predicted molar refractivity (Wildman–Crippen MR) is 77.6 cm³/mol. The molecule has 0 amide bonds. The minimum absolute atomic E-state index is 0.00528. The van der Waals surface area contributed by atoms with Crippen LogP contribution in [0.2, 0.25) is 0 Å². The van der Waals surface area contributed by atoms with Gasteiger partial charge in [-0.2, -0.15) is 0 Å². The molecular formula is C16H19NO2. The Morgan fingerprint density at radius 2 is 1.68 bits per heavy atom. The van der Waals surface area contributed by atoms with Crippen molar-refractivity contribution in [3.63, 3.8) is 0 Å². The molecule has 1 atom stereocenters. The SMILES string of the molecule is CCc1ccccc1NC(C)c1cc(O)cc(O)c1. The summed E-state index contributed by atoms with van der Waals surface area (Å²) < 4.78 is 0.